The molecule has 1 heteroatoms. The van der Waals surface area contributed by atoms with Crippen LogP contribution in [0.4, 0.5) is 0 Å². The van der Waals surface area contributed by atoms with Crippen molar-refractivity contribution in [3.8, 4) is 0 Å². The molecule has 0 aliphatic carbocycles. The molecule has 0 heterocycles. The molecule has 0 rings (SSSR count). The Hall–Kier alpha value is -0.196. The summed E-state index contributed by atoms with van der Waals surface area (Å²) >= 11 is 0. The monoisotopic (exact) mass is 189 g/mol. The average molecular weight is 189 g/mol. The maximum Gasteiger partial charge on any atom is 0 e. The minimum absolute atomic E-state index is 0. The van der Waals surface area contributed by atoms with E-state index in [-0.39, 0.29) is 18.6 Å². The fourth-order valence-electron chi connectivity index (χ4n) is 0.316. The van der Waals surface area contributed by atoms with Gasteiger partial charge in [0.1, 0.15) is 0 Å². The van der Waals surface area contributed by atoms with Crippen LogP contribution in [0.3, 0.4) is 0 Å². The Kier molecular flexibility index (Phi) is 25.4. The second kappa shape index (κ2) is 16.4. The molecule has 0 atom stereocenters. The molecule has 0 N–H and O–H groups in total. The molecule has 0 bridgehead atoms. The largest absolute Gasteiger partial charge is 0.0988 e. The van der Waals surface area contributed by atoms with Crippen LogP contribution in [0.25, 0.3) is 0 Å². The predicted octanol–water partition coefficient (Wildman–Crippen LogP) is 3.72. The first kappa shape index (κ1) is 17.1. The molecular formula is C10H18V. The van der Waals surface area contributed by atoms with Gasteiger partial charge >= 0.3 is 0 Å². The Bertz CT molecular complexity index is 121. The SMILES string of the molecule is C=C/C(C)=C\C=C/C.CC.[V]. The zero-order chi connectivity index (χ0) is 8.41. The molecule has 0 amide bonds. The van der Waals surface area contributed by atoms with E-state index in [4.69, 9.17) is 0 Å². The smallest absolute Gasteiger partial charge is 0 e. The van der Waals surface area contributed by atoms with E-state index in [2.05, 4.69) is 6.58 Å². The van der Waals surface area contributed by atoms with Gasteiger partial charge in [-0.2, -0.15) is 0 Å². The van der Waals surface area contributed by atoms with Crippen LogP contribution in [0, 0.1) is 0 Å². The predicted molar refractivity (Wildman–Crippen MR) is 50.1 cm³/mol. The van der Waals surface area contributed by atoms with Crippen molar-refractivity contribution >= 4 is 0 Å². The summed E-state index contributed by atoms with van der Waals surface area (Å²) in [5, 5.41) is 0. The standard InChI is InChI=1S/C8H12.C2H6.V/c1-4-6-7-8(3)5-2;1-2;/h4-7H,2H2,1,3H3;1-2H3;/b6-4-,8-7-;;. The van der Waals surface area contributed by atoms with Crippen LogP contribution in [-0.4, -0.2) is 0 Å². The second-order valence-corrected chi connectivity index (χ2v) is 1.64. The van der Waals surface area contributed by atoms with Gasteiger partial charge in [0.05, 0.1) is 0 Å². The zero-order valence-electron chi connectivity index (χ0n) is 7.96. The Balaban J connectivity index is -0.000000196. The summed E-state index contributed by atoms with van der Waals surface area (Å²) < 4.78 is 0. The van der Waals surface area contributed by atoms with Crippen molar-refractivity contribution in [1.29, 1.82) is 0 Å². The molecule has 0 saturated carbocycles. The van der Waals surface area contributed by atoms with E-state index < -0.39 is 0 Å². The van der Waals surface area contributed by atoms with Crippen molar-refractivity contribution in [3.63, 3.8) is 0 Å². The maximum atomic E-state index is 3.61. The Morgan fingerprint density at radius 3 is 2.00 bits per heavy atom. The third kappa shape index (κ3) is 17.7. The van der Waals surface area contributed by atoms with Gasteiger partial charge in [0.2, 0.25) is 0 Å². The minimum Gasteiger partial charge on any atom is -0.0988 e. The second-order valence-electron chi connectivity index (χ2n) is 1.64. The summed E-state index contributed by atoms with van der Waals surface area (Å²) in [5.41, 5.74) is 1.20. The summed E-state index contributed by atoms with van der Waals surface area (Å²) in [6.07, 6.45) is 7.84. The van der Waals surface area contributed by atoms with Gasteiger partial charge in [-0.05, 0) is 13.8 Å². The minimum atomic E-state index is 0. The third-order valence-electron chi connectivity index (χ3n) is 0.874. The van der Waals surface area contributed by atoms with Crippen molar-refractivity contribution in [2.75, 3.05) is 0 Å². The molecule has 0 fully saturated rings. The maximum absolute atomic E-state index is 3.61. The number of allylic oxidation sites excluding steroid dienone is 5. The average Bonchev–Trinajstić information content (AvgIpc) is 2.04. The summed E-state index contributed by atoms with van der Waals surface area (Å²) in [5.74, 6) is 0. The van der Waals surface area contributed by atoms with Crippen molar-refractivity contribution in [1.82, 2.24) is 0 Å². The molecule has 0 saturated heterocycles. The van der Waals surface area contributed by atoms with Crippen LogP contribution in [0.5, 0.6) is 0 Å². The molecule has 0 aromatic carbocycles. The van der Waals surface area contributed by atoms with Crippen molar-refractivity contribution in [2.45, 2.75) is 27.7 Å². The molecule has 0 aliphatic heterocycles. The first-order valence-corrected chi connectivity index (χ1v) is 3.73. The van der Waals surface area contributed by atoms with E-state index in [1.807, 2.05) is 52.0 Å². The van der Waals surface area contributed by atoms with Crippen LogP contribution < -0.4 is 0 Å². The van der Waals surface area contributed by atoms with Gasteiger partial charge in [-0.3, -0.25) is 0 Å². The van der Waals surface area contributed by atoms with Crippen LogP contribution in [-0.2, 0) is 18.6 Å². The molecule has 0 aromatic rings. The fourth-order valence-corrected chi connectivity index (χ4v) is 0.316. The fraction of sp³-hybridized carbons (Fsp3) is 0.400. The van der Waals surface area contributed by atoms with Gasteiger partial charge in [-0.1, -0.05) is 50.3 Å². The first-order chi connectivity index (χ1) is 4.81. The van der Waals surface area contributed by atoms with E-state index >= 15 is 0 Å². The normalized spacial score (nSPS) is 9.64. The van der Waals surface area contributed by atoms with E-state index in [1.165, 1.54) is 5.57 Å². The molecule has 0 spiro atoms. The summed E-state index contributed by atoms with van der Waals surface area (Å²) in [4.78, 5) is 0. The van der Waals surface area contributed by atoms with Gasteiger partial charge in [-0.15, -0.1) is 0 Å². The summed E-state index contributed by atoms with van der Waals surface area (Å²) in [6, 6.07) is 0. The molecule has 0 aromatic heterocycles. The van der Waals surface area contributed by atoms with Crippen LogP contribution in [0.2, 0.25) is 0 Å². The zero-order valence-corrected chi connectivity index (χ0v) is 9.36. The van der Waals surface area contributed by atoms with Crippen molar-refractivity contribution < 1.29 is 18.6 Å². The molecular weight excluding hydrogens is 171 g/mol. The van der Waals surface area contributed by atoms with E-state index in [9.17, 15) is 0 Å². The van der Waals surface area contributed by atoms with Gasteiger partial charge in [0.25, 0.3) is 0 Å². The third-order valence-corrected chi connectivity index (χ3v) is 0.874. The van der Waals surface area contributed by atoms with Crippen molar-refractivity contribution in [2.24, 2.45) is 0 Å². The topological polar surface area (TPSA) is 0 Å². The number of hydrogen-bond acceptors (Lipinski definition) is 0. The molecule has 0 unspecified atom stereocenters. The molecule has 0 aliphatic rings. The summed E-state index contributed by atoms with van der Waals surface area (Å²) in [6.45, 7) is 11.6. The van der Waals surface area contributed by atoms with Crippen LogP contribution >= 0.6 is 0 Å². The summed E-state index contributed by atoms with van der Waals surface area (Å²) in [7, 11) is 0. The van der Waals surface area contributed by atoms with E-state index in [0.717, 1.165) is 0 Å². The molecule has 11 heavy (non-hydrogen) atoms. The molecule has 63 valence electrons. The Labute approximate surface area is 83.0 Å². The van der Waals surface area contributed by atoms with Crippen molar-refractivity contribution in [3.05, 3.63) is 36.5 Å². The van der Waals surface area contributed by atoms with Gasteiger partial charge < -0.3 is 0 Å². The Morgan fingerprint density at radius 1 is 1.27 bits per heavy atom. The van der Waals surface area contributed by atoms with Gasteiger partial charge in [-0.25, -0.2) is 0 Å². The number of rotatable bonds is 2. The van der Waals surface area contributed by atoms with E-state index in [0.29, 0.717) is 0 Å². The Morgan fingerprint density at radius 2 is 1.73 bits per heavy atom. The quantitative estimate of drug-likeness (QED) is 0.581. The van der Waals surface area contributed by atoms with Crippen LogP contribution in [0.1, 0.15) is 27.7 Å². The first-order valence-electron chi connectivity index (χ1n) is 3.73. The van der Waals surface area contributed by atoms with Gasteiger partial charge in [0.15, 0.2) is 0 Å². The van der Waals surface area contributed by atoms with Gasteiger partial charge in [0, 0.05) is 18.6 Å². The number of hydrogen-bond donors (Lipinski definition) is 0. The molecule has 1 radical (unpaired) electrons. The molecule has 0 nitrogen and oxygen atoms in total. The van der Waals surface area contributed by atoms with Crippen LogP contribution in [0.15, 0.2) is 36.5 Å². The van der Waals surface area contributed by atoms with E-state index in [1.54, 1.807) is 0 Å².